The van der Waals surface area contributed by atoms with Gasteiger partial charge in [-0.05, 0) is 58.7 Å². The summed E-state index contributed by atoms with van der Waals surface area (Å²) in [4.78, 5) is 1.40. The van der Waals surface area contributed by atoms with Crippen LogP contribution in [0.3, 0.4) is 0 Å². The standard InChI is InChI=1S/C13H14INS/c1-2-12(13-7-4-8-16-13)15-11-6-3-5-10(14)9-11/h3-9,12,15H,2H2,1H3. The van der Waals surface area contributed by atoms with Gasteiger partial charge in [-0.25, -0.2) is 0 Å². The van der Waals surface area contributed by atoms with Crippen molar-refractivity contribution < 1.29 is 0 Å². The Labute approximate surface area is 114 Å². The zero-order valence-corrected chi connectivity index (χ0v) is 12.1. The average molecular weight is 343 g/mol. The molecule has 0 aliphatic carbocycles. The van der Waals surface area contributed by atoms with Crippen LogP contribution >= 0.6 is 33.9 Å². The molecule has 1 aromatic carbocycles. The van der Waals surface area contributed by atoms with Crippen molar-refractivity contribution in [1.29, 1.82) is 0 Å². The van der Waals surface area contributed by atoms with E-state index in [4.69, 9.17) is 0 Å². The first-order chi connectivity index (χ1) is 7.79. The minimum Gasteiger partial charge on any atom is -0.377 e. The van der Waals surface area contributed by atoms with Crippen LogP contribution in [-0.4, -0.2) is 0 Å². The second kappa shape index (κ2) is 5.68. The highest BCUT2D eigenvalue weighted by Gasteiger charge is 2.09. The van der Waals surface area contributed by atoms with Gasteiger partial charge in [-0.3, -0.25) is 0 Å². The van der Waals surface area contributed by atoms with E-state index < -0.39 is 0 Å². The second-order valence-corrected chi connectivity index (χ2v) is 5.86. The van der Waals surface area contributed by atoms with Gasteiger partial charge in [0.25, 0.3) is 0 Å². The van der Waals surface area contributed by atoms with Gasteiger partial charge in [0.05, 0.1) is 6.04 Å². The lowest BCUT2D eigenvalue weighted by Crippen LogP contribution is -2.07. The molecule has 16 heavy (non-hydrogen) atoms. The highest BCUT2D eigenvalue weighted by atomic mass is 127. The summed E-state index contributed by atoms with van der Waals surface area (Å²) in [6.07, 6.45) is 1.10. The monoisotopic (exact) mass is 343 g/mol. The molecule has 0 amide bonds. The Hall–Kier alpha value is -0.550. The SMILES string of the molecule is CCC(Nc1cccc(I)c1)c1cccs1. The summed E-state index contributed by atoms with van der Waals surface area (Å²) in [5.74, 6) is 0. The Bertz CT molecular complexity index is 439. The maximum absolute atomic E-state index is 3.58. The van der Waals surface area contributed by atoms with Gasteiger partial charge in [0, 0.05) is 14.1 Å². The van der Waals surface area contributed by atoms with Crippen LogP contribution in [0.5, 0.6) is 0 Å². The summed E-state index contributed by atoms with van der Waals surface area (Å²) in [6, 6.07) is 13.2. The van der Waals surface area contributed by atoms with Crippen LogP contribution in [0.1, 0.15) is 24.3 Å². The fourth-order valence-corrected chi connectivity index (χ4v) is 3.05. The summed E-state index contributed by atoms with van der Waals surface area (Å²) < 4.78 is 1.27. The van der Waals surface area contributed by atoms with E-state index in [1.165, 1.54) is 14.1 Å². The third kappa shape index (κ3) is 2.98. The first-order valence-corrected chi connectivity index (χ1v) is 7.31. The molecule has 0 saturated carbocycles. The van der Waals surface area contributed by atoms with E-state index >= 15 is 0 Å². The van der Waals surface area contributed by atoms with Gasteiger partial charge in [-0.2, -0.15) is 0 Å². The minimum atomic E-state index is 0.429. The van der Waals surface area contributed by atoms with Crippen molar-refractivity contribution in [3.05, 3.63) is 50.2 Å². The number of anilines is 1. The number of hydrogen-bond acceptors (Lipinski definition) is 2. The number of halogens is 1. The van der Waals surface area contributed by atoms with Crippen molar-refractivity contribution in [2.75, 3.05) is 5.32 Å². The zero-order valence-electron chi connectivity index (χ0n) is 9.11. The number of hydrogen-bond donors (Lipinski definition) is 1. The van der Waals surface area contributed by atoms with E-state index in [1.54, 1.807) is 0 Å². The van der Waals surface area contributed by atoms with Gasteiger partial charge < -0.3 is 5.32 Å². The van der Waals surface area contributed by atoms with E-state index in [1.807, 2.05) is 11.3 Å². The Morgan fingerprint density at radius 1 is 1.31 bits per heavy atom. The summed E-state index contributed by atoms with van der Waals surface area (Å²) in [5.41, 5.74) is 1.20. The molecule has 2 aromatic rings. The van der Waals surface area contributed by atoms with Crippen LogP contribution in [0, 0.1) is 3.57 Å². The van der Waals surface area contributed by atoms with Crippen LogP contribution in [0.25, 0.3) is 0 Å². The normalized spacial score (nSPS) is 12.4. The first-order valence-electron chi connectivity index (χ1n) is 5.35. The van der Waals surface area contributed by atoms with Gasteiger partial charge >= 0.3 is 0 Å². The molecule has 2 rings (SSSR count). The average Bonchev–Trinajstić information content (AvgIpc) is 2.79. The number of benzene rings is 1. The van der Waals surface area contributed by atoms with Gasteiger partial charge in [-0.15, -0.1) is 11.3 Å². The molecular formula is C13H14INS. The van der Waals surface area contributed by atoms with Gasteiger partial charge in [0.1, 0.15) is 0 Å². The van der Waals surface area contributed by atoms with Gasteiger partial charge in [-0.1, -0.05) is 19.1 Å². The molecule has 0 bridgehead atoms. The molecule has 0 radical (unpaired) electrons. The van der Waals surface area contributed by atoms with Crippen LogP contribution in [-0.2, 0) is 0 Å². The first kappa shape index (κ1) is 11.9. The fourth-order valence-electron chi connectivity index (χ4n) is 1.64. The molecule has 1 nitrogen and oxygen atoms in total. The predicted octanol–water partition coefficient (Wildman–Crippen LogP) is 4.92. The van der Waals surface area contributed by atoms with Crippen LogP contribution < -0.4 is 5.32 Å². The highest BCUT2D eigenvalue weighted by molar-refractivity contribution is 14.1. The smallest absolute Gasteiger partial charge is 0.0604 e. The molecule has 0 aliphatic heterocycles. The van der Waals surface area contributed by atoms with Crippen LogP contribution in [0.15, 0.2) is 41.8 Å². The third-order valence-electron chi connectivity index (χ3n) is 2.46. The molecule has 1 N–H and O–H groups in total. The molecule has 0 fully saturated rings. The van der Waals surface area contributed by atoms with E-state index in [-0.39, 0.29) is 0 Å². The largest absolute Gasteiger partial charge is 0.377 e. The Morgan fingerprint density at radius 3 is 2.81 bits per heavy atom. The fraction of sp³-hybridized carbons (Fsp3) is 0.231. The minimum absolute atomic E-state index is 0.429. The number of rotatable bonds is 4. The number of nitrogens with one attached hydrogen (secondary N) is 1. The molecule has 1 aromatic heterocycles. The van der Waals surface area contributed by atoms with E-state index in [9.17, 15) is 0 Å². The van der Waals surface area contributed by atoms with E-state index in [0.29, 0.717) is 6.04 Å². The quantitative estimate of drug-likeness (QED) is 0.778. The maximum atomic E-state index is 3.58. The van der Waals surface area contributed by atoms with Crippen LogP contribution in [0.2, 0.25) is 0 Å². The molecule has 1 heterocycles. The third-order valence-corrected chi connectivity index (χ3v) is 4.12. The molecule has 1 unspecified atom stereocenters. The predicted molar refractivity (Wildman–Crippen MR) is 80.1 cm³/mol. The summed E-state index contributed by atoms with van der Waals surface area (Å²) in [6.45, 7) is 2.21. The second-order valence-electron chi connectivity index (χ2n) is 3.63. The molecule has 3 heteroatoms. The summed E-state index contributed by atoms with van der Waals surface area (Å²) in [7, 11) is 0. The summed E-state index contributed by atoms with van der Waals surface area (Å²) >= 11 is 4.16. The van der Waals surface area contributed by atoms with Crippen molar-refractivity contribution in [3.63, 3.8) is 0 Å². The van der Waals surface area contributed by atoms with Crippen molar-refractivity contribution >= 4 is 39.6 Å². The van der Waals surface area contributed by atoms with E-state index in [2.05, 4.69) is 76.6 Å². The molecule has 84 valence electrons. The van der Waals surface area contributed by atoms with E-state index in [0.717, 1.165) is 6.42 Å². The number of thiophene rings is 1. The van der Waals surface area contributed by atoms with Crippen molar-refractivity contribution in [2.24, 2.45) is 0 Å². The van der Waals surface area contributed by atoms with Gasteiger partial charge in [0.2, 0.25) is 0 Å². The highest BCUT2D eigenvalue weighted by Crippen LogP contribution is 2.26. The molecule has 0 saturated heterocycles. The zero-order chi connectivity index (χ0) is 11.4. The molecule has 1 atom stereocenters. The van der Waals surface area contributed by atoms with Crippen LogP contribution in [0.4, 0.5) is 5.69 Å². The van der Waals surface area contributed by atoms with Gasteiger partial charge in [0.15, 0.2) is 0 Å². The van der Waals surface area contributed by atoms with Crippen molar-refractivity contribution in [2.45, 2.75) is 19.4 Å². The lowest BCUT2D eigenvalue weighted by atomic mass is 10.1. The maximum Gasteiger partial charge on any atom is 0.0604 e. The summed E-state index contributed by atoms with van der Waals surface area (Å²) in [5, 5.41) is 5.71. The lowest BCUT2D eigenvalue weighted by molar-refractivity contribution is 0.764. The molecule has 0 spiro atoms. The van der Waals surface area contributed by atoms with Crippen molar-refractivity contribution in [1.82, 2.24) is 0 Å². The van der Waals surface area contributed by atoms with Crippen molar-refractivity contribution in [3.8, 4) is 0 Å². The Balaban J connectivity index is 2.13. The molecular weight excluding hydrogens is 329 g/mol. The lowest BCUT2D eigenvalue weighted by Gasteiger charge is -2.17. The Morgan fingerprint density at radius 2 is 2.19 bits per heavy atom. The topological polar surface area (TPSA) is 12.0 Å². The Kier molecular flexibility index (Phi) is 4.23. The molecule has 0 aliphatic rings.